The molecule has 0 spiro atoms. The van der Waals surface area contributed by atoms with Gasteiger partial charge in [-0.3, -0.25) is 9.78 Å². The van der Waals surface area contributed by atoms with Crippen LogP contribution in [0.15, 0.2) is 66.9 Å². The van der Waals surface area contributed by atoms with Gasteiger partial charge in [0.2, 0.25) is 5.78 Å². The number of hydrogen-bond acceptors (Lipinski definition) is 5. The number of ether oxygens (including phenoxy) is 1. The number of aryl methyl sites for hydroxylation is 2. The average Bonchev–Trinajstić information content (AvgIpc) is 3.13. The fraction of sp³-hybridized carbons (Fsp3) is 0.185. The lowest BCUT2D eigenvalue weighted by Crippen LogP contribution is -2.14. The first-order valence-electron chi connectivity index (χ1n) is 10.9. The number of halogens is 1. The van der Waals surface area contributed by atoms with Gasteiger partial charge in [-0.25, -0.2) is 14.2 Å². The number of esters is 1. The van der Waals surface area contributed by atoms with E-state index in [4.69, 9.17) is 4.74 Å². The molecule has 0 aliphatic carbocycles. The topological polar surface area (TPSA) is 74.1 Å². The molecule has 2 aromatic carbocycles. The number of carbonyl (C=O) groups is 2. The van der Waals surface area contributed by atoms with Crippen molar-refractivity contribution in [1.29, 1.82) is 0 Å². The minimum atomic E-state index is -0.631. The molecule has 2 heterocycles. The normalized spacial score (nSPS) is 11.3. The highest BCUT2D eigenvalue weighted by Gasteiger charge is 2.17. The van der Waals surface area contributed by atoms with Crippen LogP contribution in [0.5, 0.6) is 0 Å². The first-order chi connectivity index (χ1) is 16.4. The molecule has 0 unspecified atom stereocenters. The van der Waals surface area contributed by atoms with Crippen LogP contribution in [0.25, 0.3) is 17.1 Å². The lowest BCUT2D eigenvalue weighted by molar-refractivity contribution is -0.136. The van der Waals surface area contributed by atoms with Gasteiger partial charge >= 0.3 is 5.97 Å². The van der Waals surface area contributed by atoms with Crippen molar-refractivity contribution in [3.05, 3.63) is 101 Å². The third-order valence-corrected chi connectivity index (χ3v) is 5.61. The van der Waals surface area contributed by atoms with E-state index in [1.807, 2.05) is 42.7 Å². The Balaban J connectivity index is 1.34. The minimum absolute atomic E-state index is 0.264. The summed E-state index contributed by atoms with van der Waals surface area (Å²) in [5.41, 5.74) is 5.29. The number of Topliss-reactive ketones (excluding diaryl/α,β-unsaturated/α-hetero) is 1. The zero-order valence-electron chi connectivity index (χ0n) is 19.0. The van der Waals surface area contributed by atoms with E-state index in [2.05, 4.69) is 9.97 Å². The Bertz CT molecular complexity index is 1370. The van der Waals surface area contributed by atoms with Gasteiger partial charge in [0, 0.05) is 29.6 Å². The molecule has 0 aliphatic rings. The molecule has 0 atom stereocenters. The number of fused-ring (bicyclic) bond motifs is 1. The summed E-state index contributed by atoms with van der Waals surface area (Å²) in [4.78, 5) is 33.5. The van der Waals surface area contributed by atoms with Crippen LogP contribution in [0.2, 0.25) is 0 Å². The Morgan fingerprint density at radius 1 is 1.06 bits per heavy atom. The number of aromatic nitrogens is 3. The van der Waals surface area contributed by atoms with Crippen molar-refractivity contribution < 1.29 is 18.7 Å². The summed E-state index contributed by atoms with van der Waals surface area (Å²) in [7, 11) is 0. The fourth-order valence-corrected chi connectivity index (χ4v) is 3.79. The second-order valence-corrected chi connectivity index (χ2v) is 7.96. The molecule has 0 amide bonds. The van der Waals surface area contributed by atoms with Crippen molar-refractivity contribution in [1.82, 2.24) is 14.5 Å². The number of rotatable bonds is 8. The maximum absolute atomic E-state index is 13.1. The molecule has 6 nitrogen and oxygen atoms in total. The molecule has 0 N–H and O–H groups in total. The number of ketones is 1. The Morgan fingerprint density at radius 2 is 1.79 bits per heavy atom. The van der Waals surface area contributed by atoms with E-state index in [-0.39, 0.29) is 18.2 Å². The van der Waals surface area contributed by atoms with E-state index in [9.17, 15) is 14.0 Å². The zero-order chi connectivity index (χ0) is 24.1. The summed E-state index contributed by atoms with van der Waals surface area (Å²) in [5, 5.41) is 0. The summed E-state index contributed by atoms with van der Waals surface area (Å²) in [6.07, 6.45) is 5.02. The van der Waals surface area contributed by atoms with Crippen molar-refractivity contribution >= 4 is 28.9 Å². The van der Waals surface area contributed by atoms with Gasteiger partial charge in [-0.15, -0.1) is 0 Å². The van der Waals surface area contributed by atoms with Crippen LogP contribution in [-0.2, 0) is 22.5 Å². The molecule has 0 bridgehead atoms. The molecule has 0 fully saturated rings. The van der Waals surface area contributed by atoms with E-state index >= 15 is 0 Å². The second kappa shape index (κ2) is 10.2. The van der Waals surface area contributed by atoms with Gasteiger partial charge in [0.1, 0.15) is 5.82 Å². The summed E-state index contributed by atoms with van der Waals surface area (Å²) in [6, 6.07) is 15.6. The molecule has 0 saturated carbocycles. The van der Waals surface area contributed by atoms with Crippen LogP contribution in [0.3, 0.4) is 0 Å². The van der Waals surface area contributed by atoms with Gasteiger partial charge in [-0.05, 0) is 62.2 Å². The van der Waals surface area contributed by atoms with Crippen LogP contribution in [-0.4, -0.2) is 32.9 Å². The van der Waals surface area contributed by atoms with Gasteiger partial charge in [0.25, 0.3) is 0 Å². The Labute approximate surface area is 196 Å². The van der Waals surface area contributed by atoms with Crippen LogP contribution in [0.4, 0.5) is 4.39 Å². The zero-order valence-corrected chi connectivity index (χ0v) is 19.0. The number of nitrogens with zero attached hydrogens (tertiary/aromatic N) is 3. The van der Waals surface area contributed by atoms with E-state index in [1.54, 1.807) is 24.4 Å². The van der Waals surface area contributed by atoms with Crippen LogP contribution in [0.1, 0.15) is 33.0 Å². The monoisotopic (exact) mass is 457 g/mol. The third-order valence-electron chi connectivity index (χ3n) is 5.61. The number of carbonyl (C=O) groups excluding carboxylic acids is 2. The van der Waals surface area contributed by atoms with Crippen LogP contribution in [0, 0.1) is 19.7 Å². The molecule has 172 valence electrons. The smallest absolute Gasteiger partial charge is 0.331 e. The lowest BCUT2D eigenvalue weighted by atomic mass is 10.1. The van der Waals surface area contributed by atoms with E-state index in [0.29, 0.717) is 24.2 Å². The predicted octanol–water partition coefficient (Wildman–Crippen LogP) is 4.87. The quantitative estimate of drug-likeness (QED) is 0.214. The summed E-state index contributed by atoms with van der Waals surface area (Å²) < 4.78 is 20.3. The maximum Gasteiger partial charge on any atom is 0.331 e. The number of para-hydroxylation sites is 2. The molecular weight excluding hydrogens is 433 g/mol. The number of benzene rings is 2. The largest absolute Gasteiger partial charge is 0.454 e. The lowest BCUT2D eigenvalue weighted by Gasteiger charge is -2.10. The van der Waals surface area contributed by atoms with Crippen LogP contribution >= 0.6 is 0 Å². The molecular formula is C27H24FN3O3. The van der Waals surface area contributed by atoms with E-state index < -0.39 is 5.97 Å². The molecule has 4 rings (SSSR count). The molecule has 0 radical (unpaired) electrons. The molecule has 0 aliphatic heterocycles. The van der Waals surface area contributed by atoms with Gasteiger partial charge in [-0.2, -0.15) is 0 Å². The highest BCUT2D eigenvalue weighted by Crippen LogP contribution is 2.17. The summed E-state index contributed by atoms with van der Waals surface area (Å²) in [5.74, 6) is -1.17. The predicted molar refractivity (Wildman–Crippen MR) is 128 cm³/mol. The summed E-state index contributed by atoms with van der Waals surface area (Å²) in [6.45, 7) is 4.10. The third kappa shape index (κ3) is 5.43. The molecule has 0 saturated heterocycles. The first-order valence-corrected chi connectivity index (χ1v) is 10.9. The van der Waals surface area contributed by atoms with Crippen molar-refractivity contribution in [3.8, 4) is 0 Å². The second-order valence-electron chi connectivity index (χ2n) is 7.96. The highest BCUT2D eigenvalue weighted by atomic mass is 19.1. The molecule has 4 aromatic rings. The van der Waals surface area contributed by atoms with E-state index in [1.165, 1.54) is 24.3 Å². The van der Waals surface area contributed by atoms with Gasteiger partial charge in [-0.1, -0.05) is 24.3 Å². The fourth-order valence-electron chi connectivity index (χ4n) is 3.79. The Kier molecular flexibility index (Phi) is 6.92. The average molecular weight is 458 g/mol. The van der Waals surface area contributed by atoms with Crippen molar-refractivity contribution in [2.24, 2.45) is 0 Å². The van der Waals surface area contributed by atoms with Gasteiger partial charge in [0.05, 0.1) is 22.9 Å². The minimum Gasteiger partial charge on any atom is -0.454 e. The van der Waals surface area contributed by atoms with Crippen LogP contribution < -0.4 is 0 Å². The maximum atomic E-state index is 13.1. The SMILES string of the molecule is Cc1cc(C(=O)COC(=O)/C=C/c2cnc3ccccc3n2)c(C)n1CCc1ccc(F)cc1. The summed E-state index contributed by atoms with van der Waals surface area (Å²) >= 11 is 0. The standard InChI is InChI=1S/C27H24FN3O3/c1-18-15-23(19(2)31(18)14-13-20-7-9-21(28)10-8-20)26(32)17-34-27(33)12-11-22-16-29-24-5-3-4-6-25(24)30-22/h3-12,15-16H,13-14,17H2,1-2H3/b12-11+. The van der Waals surface area contributed by atoms with Crippen molar-refractivity contribution in [2.45, 2.75) is 26.8 Å². The van der Waals surface area contributed by atoms with Gasteiger partial charge < -0.3 is 9.30 Å². The Morgan fingerprint density at radius 3 is 2.56 bits per heavy atom. The molecule has 34 heavy (non-hydrogen) atoms. The first kappa shape index (κ1) is 23.0. The van der Waals surface area contributed by atoms with Gasteiger partial charge in [0.15, 0.2) is 6.61 Å². The van der Waals surface area contributed by atoms with E-state index in [0.717, 1.165) is 28.0 Å². The van der Waals surface area contributed by atoms with Crippen molar-refractivity contribution in [3.63, 3.8) is 0 Å². The highest BCUT2D eigenvalue weighted by molar-refractivity contribution is 6.00. The molecule has 7 heteroatoms. The Hall–Kier alpha value is -4.13. The molecule has 2 aromatic heterocycles. The number of hydrogen-bond donors (Lipinski definition) is 0. The van der Waals surface area contributed by atoms with Crippen molar-refractivity contribution in [2.75, 3.05) is 6.61 Å².